The van der Waals surface area contributed by atoms with E-state index in [9.17, 15) is 0 Å². The molecule has 0 saturated heterocycles. The van der Waals surface area contributed by atoms with E-state index in [2.05, 4.69) is 0 Å². The van der Waals surface area contributed by atoms with Gasteiger partial charge < -0.3 is 5.21 Å². The van der Waals surface area contributed by atoms with Crippen LogP contribution in [0, 0.1) is 70.4 Å². The second kappa shape index (κ2) is 9.53. The van der Waals surface area contributed by atoms with Gasteiger partial charge in [-0.05, 0) is 0 Å². The average Bonchev–Trinajstić information content (AvgIpc) is 0.811. The summed E-state index contributed by atoms with van der Waals surface area (Å²) in [5, 5.41) is 13.6. The van der Waals surface area contributed by atoms with Gasteiger partial charge in [0.1, 0.15) is 0 Å². The van der Waals surface area contributed by atoms with Crippen molar-refractivity contribution in [1.29, 1.82) is 0 Å². The van der Waals surface area contributed by atoms with Crippen molar-refractivity contribution in [2.24, 2.45) is 0 Å². The van der Waals surface area contributed by atoms with Gasteiger partial charge in [-0.1, -0.05) is 0 Å². The molecule has 0 aliphatic carbocycles. The Morgan fingerprint density at radius 2 is 1.67 bits per heavy atom. The summed E-state index contributed by atoms with van der Waals surface area (Å²) >= 11 is 0. The number of hydrogen-bond donors (Lipinski definition) is 1. The van der Waals surface area contributed by atoms with Gasteiger partial charge >= 0.3 is 31.1 Å². The van der Waals surface area contributed by atoms with E-state index in [0.717, 1.165) is 0 Å². The van der Waals surface area contributed by atoms with Crippen LogP contribution in [0.25, 0.3) is 0 Å². The molecular weight excluding hydrogens is 544 g/mol. The quantitative estimate of drug-likeness (QED) is 0.335. The molecule has 0 spiro atoms. The van der Waals surface area contributed by atoms with Crippen molar-refractivity contribution in [3.8, 4) is 0 Å². The Kier molecular flexibility index (Phi) is 24.9. The first-order valence-electron chi connectivity index (χ1n) is 0.565. The van der Waals surface area contributed by atoms with Gasteiger partial charge in [0.05, 0.1) is 0 Å². The summed E-state index contributed by atoms with van der Waals surface area (Å²) in [4.78, 5) is 8.36. The molecule has 0 unspecified atom stereocenters. The molecule has 0 radical (unpaired) electrons. The zero-order chi connectivity index (χ0) is 3.58. The molecule has 0 rings (SSSR count). The normalized spacial score (nSPS) is 4.00. The van der Waals surface area contributed by atoms with Crippen molar-refractivity contribution < 1.29 is 70.6 Å². The molecule has 0 aliphatic heterocycles. The molecule has 1 N–H and O–H groups in total. The van der Waals surface area contributed by atoms with Crippen LogP contribution in [0.3, 0.4) is 0 Å². The van der Waals surface area contributed by atoms with Crippen LogP contribution in [-0.4, -0.2) is 10.3 Å². The van der Waals surface area contributed by atoms with Gasteiger partial charge in [-0.2, -0.15) is 0 Å². The summed E-state index contributed by atoms with van der Waals surface area (Å²) in [6.45, 7) is 0. The van der Waals surface area contributed by atoms with E-state index < -0.39 is 5.09 Å². The molecular formula is HNO3PuU+4. The van der Waals surface area contributed by atoms with E-state index in [4.69, 9.17) is 15.3 Å². The molecule has 30 valence electrons. The molecule has 0 heterocycles. The third-order valence-electron chi connectivity index (χ3n) is 0. The molecule has 0 aromatic heterocycles. The molecule has 0 aromatic carbocycles. The number of nitrogens with zero attached hydrogens (tertiary/aromatic N) is 1. The minimum absolute atomic E-state index is 0. The van der Waals surface area contributed by atoms with Crippen LogP contribution in [0.1, 0.15) is 0 Å². The molecule has 0 aliphatic rings. The molecule has 0 aromatic rings. The zero-order valence-corrected chi connectivity index (χ0v) is 10.2. The summed E-state index contributed by atoms with van der Waals surface area (Å²) in [6, 6.07) is 0. The van der Waals surface area contributed by atoms with Crippen LogP contribution >= 0.6 is 0 Å². The smallest absolute Gasteiger partial charge is 0.328 e. The second-order valence-corrected chi connectivity index (χ2v) is 0.238. The van der Waals surface area contributed by atoms with Crippen LogP contribution in [0.5, 0.6) is 0 Å². The average molecular weight is 545 g/mol. The van der Waals surface area contributed by atoms with E-state index in [1.807, 2.05) is 0 Å². The van der Waals surface area contributed by atoms with Crippen LogP contribution in [0.15, 0.2) is 0 Å². The predicted molar refractivity (Wildman–Crippen MR) is 8.78 cm³/mol. The fourth-order valence-corrected chi connectivity index (χ4v) is 0. The van der Waals surface area contributed by atoms with Gasteiger partial charge in [-0.25, -0.2) is 0 Å². The van der Waals surface area contributed by atoms with Gasteiger partial charge in [0.2, 0.25) is 0 Å². The Morgan fingerprint density at radius 1 is 1.67 bits per heavy atom. The van der Waals surface area contributed by atoms with Crippen LogP contribution < -0.4 is 0 Å². The van der Waals surface area contributed by atoms with E-state index in [-0.39, 0.29) is 60.3 Å². The monoisotopic (exact) mass is 539 g/mol. The first-order chi connectivity index (χ1) is 1.73. The fraction of sp³-hybridized carbons (Fsp3) is 0. The minimum atomic E-state index is -1.50. The fourth-order valence-electron chi connectivity index (χ4n) is 0. The summed E-state index contributed by atoms with van der Waals surface area (Å²) in [7, 11) is 0. The zero-order valence-electron chi connectivity index (χ0n) is 2.62. The Balaban J connectivity index is -0.0000000450. The van der Waals surface area contributed by atoms with E-state index in [1.165, 1.54) is 0 Å². The molecule has 0 bridgehead atoms. The summed E-state index contributed by atoms with van der Waals surface area (Å²) in [6.07, 6.45) is 0. The SMILES string of the molecule is O=[N+]([O-])O.[Pu].[U+4]. The molecule has 0 atom stereocenters. The van der Waals surface area contributed by atoms with Crippen molar-refractivity contribution in [2.75, 3.05) is 0 Å². The van der Waals surface area contributed by atoms with Gasteiger partial charge in [0.15, 0.2) is 0 Å². The van der Waals surface area contributed by atoms with E-state index in [1.54, 1.807) is 0 Å². The van der Waals surface area contributed by atoms with Crippen molar-refractivity contribution in [3.05, 3.63) is 10.1 Å². The standard InChI is InChI=1S/HNO3.Pu.U/c2-1(3)4;;/h(H,2,3,4);;/q;;+4. The maximum Gasteiger partial charge on any atom is 4.00 e. The molecule has 0 fully saturated rings. The Labute approximate surface area is 79.7 Å². The molecule has 4 nitrogen and oxygen atoms in total. The van der Waals surface area contributed by atoms with Gasteiger partial charge in [-0.3, -0.25) is 0 Å². The predicted octanol–water partition coefficient (Wildman–Crippen LogP) is -0.348. The molecule has 6 heavy (non-hydrogen) atoms. The Hall–Kier alpha value is 1.24. The first-order valence-corrected chi connectivity index (χ1v) is 0.565. The van der Waals surface area contributed by atoms with Gasteiger partial charge in [-0.15, -0.1) is 10.1 Å². The van der Waals surface area contributed by atoms with E-state index >= 15 is 0 Å². The first kappa shape index (κ1) is 15.7. The minimum Gasteiger partial charge on any atom is -0.328 e. The topological polar surface area (TPSA) is 63.4 Å². The van der Waals surface area contributed by atoms with Gasteiger partial charge in [0, 0.05) is 29.2 Å². The van der Waals surface area contributed by atoms with Crippen molar-refractivity contribution >= 4 is 0 Å². The van der Waals surface area contributed by atoms with Gasteiger partial charge in [0.25, 0.3) is 5.09 Å². The third-order valence-corrected chi connectivity index (χ3v) is 0. The summed E-state index contributed by atoms with van der Waals surface area (Å²) in [5.41, 5.74) is 0. The summed E-state index contributed by atoms with van der Waals surface area (Å²) < 4.78 is 0. The summed E-state index contributed by atoms with van der Waals surface area (Å²) in [5.74, 6) is 0. The van der Waals surface area contributed by atoms with Crippen molar-refractivity contribution in [2.45, 2.75) is 0 Å². The largest absolute Gasteiger partial charge is 4.00 e. The van der Waals surface area contributed by atoms with E-state index in [0.29, 0.717) is 0 Å². The second-order valence-electron chi connectivity index (χ2n) is 0.238. The molecule has 6 heteroatoms. The maximum absolute atomic E-state index is 8.36. The number of rotatable bonds is 0. The van der Waals surface area contributed by atoms with Crippen molar-refractivity contribution in [1.82, 2.24) is 0 Å². The maximum atomic E-state index is 8.36. The van der Waals surface area contributed by atoms with Crippen LogP contribution in [-0.2, 0) is 0 Å². The number of hydrogen-bond acceptors (Lipinski definition) is 2. The Morgan fingerprint density at radius 3 is 1.67 bits per heavy atom. The third kappa shape index (κ3) is 61.3. The van der Waals surface area contributed by atoms with Crippen LogP contribution in [0.2, 0.25) is 0 Å². The molecule has 0 amide bonds. The Bertz CT molecular complexity index is 33.8. The van der Waals surface area contributed by atoms with Crippen molar-refractivity contribution in [3.63, 3.8) is 0 Å². The van der Waals surface area contributed by atoms with Crippen LogP contribution in [0.4, 0.5) is 0 Å². The molecule has 0 saturated carbocycles.